The largest absolute Gasteiger partial charge is 0.344 e. The van der Waals surface area contributed by atoms with E-state index in [0.717, 1.165) is 29.2 Å². The highest BCUT2D eigenvalue weighted by atomic mass is 32.2. The van der Waals surface area contributed by atoms with E-state index >= 15 is 0 Å². The third kappa shape index (κ3) is 3.65. The van der Waals surface area contributed by atoms with Crippen LogP contribution in [0.15, 0.2) is 23.1 Å². The van der Waals surface area contributed by atoms with Gasteiger partial charge >= 0.3 is 0 Å². The first-order chi connectivity index (χ1) is 11.8. The fraction of sp³-hybridized carbons (Fsp3) is 0.467. The van der Waals surface area contributed by atoms with Crippen LogP contribution in [0.1, 0.15) is 25.6 Å². The van der Waals surface area contributed by atoms with Crippen molar-refractivity contribution in [2.45, 2.75) is 24.7 Å². The number of aromatic nitrogens is 2. The second-order valence-electron chi connectivity index (χ2n) is 6.06. The number of benzene rings is 1. The number of piperazine rings is 1. The van der Waals surface area contributed by atoms with Crippen molar-refractivity contribution in [3.8, 4) is 0 Å². The summed E-state index contributed by atoms with van der Waals surface area (Å²) in [5.41, 5.74) is 0. The Hall–Kier alpha value is -1.65. The first kappa shape index (κ1) is 18.2. The van der Waals surface area contributed by atoms with Gasteiger partial charge in [0.2, 0.25) is 15.2 Å². The molecule has 0 unspecified atom stereocenters. The van der Waals surface area contributed by atoms with Crippen LogP contribution in [0.4, 0.5) is 13.9 Å². The summed E-state index contributed by atoms with van der Waals surface area (Å²) in [5.74, 6) is -1.23. The van der Waals surface area contributed by atoms with E-state index in [-0.39, 0.29) is 23.9 Å². The summed E-state index contributed by atoms with van der Waals surface area (Å²) in [4.78, 5) is 6.22. The van der Waals surface area contributed by atoms with Gasteiger partial charge in [0.1, 0.15) is 5.82 Å². The molecule has 0 saturated carbocycles. The van der Waals surface area contributed by atoms with Gasteiger partial charge in [-0.25, -0.2) is 22.2 Å². The average molecular weight is 388 g/mol. The van der Waals surface area contributed by atoms with Gasteiger partial charge in [0, 0.05) is 43.6 Å². The topological polar surface area (TPSA) is 66.4 Å². The predicted octanol–water partition coefficient (Wildman–Crippen LogP) is 2.45. The van der Waals surface area contributed by atoms with E-state index in [4.69, 9.17) is 0 Å². The van der Waals surface area contributed by atoms with Gasteiger partial charge in [-0.3, -0.25) is 0 Å². The Bertz CT molecular complexity index is 862. The smallest absolute Gasteiger partial charge is 0.243 e. The Balaban J connectivity index is 1.71. The quantitative estimate of drug-likeness (QED) is 0.805. The van der Waals surface area contributed by atoms with E-state index in [0.29, 0.717) is 13.1 Å². The third-order valence-corrected chi connectivity index (χ3v) is 6.67. The first-order valence-corrected chi connectivity index (χ1v) is 10.0. The van der Waals surface area contributed by atoms with Crippen LogP contribution in [0.2, 0.25) is 0 Å². The Morgan fingerprint density at radius 2 is 1.80 bits per heavy atom. The predicted molar refractivity (Wildman–Crippen MR) is 91.3 cm³/mol. The van der Waals surface area contributed by atoms with Crippen LogP contribution < -0.4 is 4.90 Å². The van der Waals surface area contributed by atoms with Crippen molar-refractivity contribution < 1.29 is 17.2 Å². The summed E-state index contributed by atoms with van der Waals surface area (Å²) in [5, 5.41) is 0.772. The molecule has 2 heterocycles. The van der Waals surface area contributed by atoms with Crippen LogP contribution in [-0.4, -0.2) is 48.3 Å². The van der Waals surface area contributed by atoms with Crippen molar-refractivity contribution in [1.82, 2.24) is 13.7 Å². The molecule has 0 spiro atoms. The van der Waals surface area contributed by atoms with E-state index in [1.165, 1.54) is 15.8 Å². The Labute approximate surface area is 149 Å². The lowest BCUT2D eigenvalue weighted by molar-refractivity contribution is 0.384. The molecule has 3 rings (SSSR count). The third-order valence-electron chi connectivity index (χ3n) is 3.99. The summed E-state index contributed by atoms with van der Waals surface area (Å²) in [6.07, 6.45) is 0. The molecule has 0 bridgehead atoms. The lowest BCUT2D eigenvalue weighted by atomic mass is 10.2. The Kier molecular flexibility index (Phi) is 5.03. The van der Waals surface area contributed by atoms with E-state index in [1.54, 1.807) is 0 Å². The molecule has 1 aromatic carbocycles. The van der Waals surface area contributed by atoms with Crippen molar-refractivity contribution >= 4 is 26.7 Å². The lowest BCUT2D eigenvalue weighted by Crippen LogP contribution is -2.48. The van der Waals surface area contributed by atoms with Crippen LogP contribution in [0.3, 0.4) is 0 Å². The summed E-state index contributed by atoms with van der Waals surface area (Å²) >= 11 is 1.30. The van der Waals surface area contributed by atoms with Gasteiger partial charge in [-0.1, -0.05) is 13.8 Å². The zero-order valence-corrected chi connectivity index (χ0v) is 15.4. The molecule has 6 nitrogen and oxygen atoms in total. The van der Waals surface area contributed by atoms with Gasteiger partial charge in [0.05, 0.1) is 4.90 Å². The second-order valence-corrected chi connectivity index (χ2v) is 8.73. The molecule has 1 aliphatic rings. The van der Waals surface area contributed by atoms with Gasteiger partial charge < -0.3 is 4.90 Å². The van der Waals surface area contributed by atoms with Gasteiger partial charge in [-0.2, -0.15) is 8.68 Å². The molecule has 0 radical (unpaired) electrons. The van der Waals surface area contributed by atoms with Crippen molar-refractivity contribution in [3.05, 3.63) is 35.7 Å². The highest BCUT2D eigenvalue weighted by Gasteiger charge is 2.30. The Morgan fingerprint density at radius 3 is 2.36 bits per heavy atom. The monoisotopic (exact) mass is 388 g/mol. The number of halogens is 2. The highest BCUT2D eigenvalue weighted by molar-refractivity contribution is 7.89. The van der Waals surface area contributed by atoms with Crippen LogP contribution in [0.5, 0.6) is 0 Å². The van der Waals surface area contributed by atoms with Crippen LogP contribution in [-0.2, 0) is 10.0 Å². The van der Waals surface area contributed by atoms with Crippen LogP contribution in [0.25, 0.3) is 0 Å². The second kappa shape index (κ2) is 6.93. The molecule has 1 aliphatic heterocycles. The molecule has 2 aromatic rings. The lowest BCUT2D eigenvalue weighted by Gasteiger charge is -2.33. The fourth-order valence-corrected chi connectivity index (χ4v) is 4.79. The number of sulfonamides is 1. The molecule has 0 amide bonds. The van der Waals surface area contributed by atoms with E-state index in [2.05, 4.69) is 9.36 Å². The highest BCUT2D eigenvalue weighted by Crippen LogP contribution is 2.25. The molecule has 1 aromatic heterocycles. The summed E-state index contributed by atoms with van der Waals surface area (Å²) < 4.78 is 57.1. The maximum Gasteiger partial charge on any atom is 0.243 e. The van der Waals surface area contributed by atoms with E-state index < -0.39 is 21.7 Å². The van der Waals surface area contributed by atoms with Crippen LogP contribution in [0, 0.1) is 11.6 Å². The minimum Gasteiger partial charge on any atom is -0.344 e. The number of rotatable bonds is 4. The van der Waals surface area contributed by atoms with E-state index in [9.17, 15) is 17.2 Å². The average Bonchev–Trinajstić information content (AvgIpc) is 3.08. The molecule has 0 aliphatic carbocycles. The molecule has 1 saturated heterocycles. The maximum absolute atomic E-state index is 13.3. The number of nitrogens with zero attached hydrogens (tertiary/aromatic N) is 4. The number of anilines is 1. The van der Waals surface area contributed by atoms with Gasteiger partial charge in [-0.15, -0.1) is 0 Å². The molecule has 0 N–H and O–H groups in total. The summed E-state index contributed by atoms with van der Waals surface area (Å²) in [6.45, 7) is 5.46. The van der Waals surface area contributed by atoms with Crippen molar-refractivity contribution in [2.24, 2.45) is 0 Å². The van der Waals surface area contributed by atoms with Gasteiger partial charge in [0.15, 0.2) is 11.6 Å². The minimum atomic E-state index is -3.85. The first-order valence-electron chi connectivity index (χ1n) is 7.83. The molecule has 1 fully saturated rings. The Morgan fingerprint density at radius 1 is 1.12 bits per heavy atom. The van der Waals surface area contributed by atoms with Crippen molar-refractivity contribution in [3.63, 3.8) is 0 Å². The maximum atomic E-state index is 13.3. The number of hydrogen-bond donors (Lipinski definition) is 0. The molecule has 0 atom stereocenters. The molecular weight excluding hydrogens is 370 g/mol. The molecule has 10 heteroatoms. The molecule has 136 valence electrons. The minimum absolute atomic E-state index is 0.236. The van der Waals surface area contributed by atoms with Crippen LogP contribution >= 0.6 is 11.5 Å². The summed E-state index contributed by atoms with van der Waals surface area (Å²) in [7, 11) is -3.85. The zero-order chi connectivity index (χ0) is 18.2. The summed E-state index contributed by atoms with van der Waals surface area (Å²) in [6, 6.07) is 2.63. The number of hydrogen-bond acceptors (Lipinski definition) is 6. The zero-order valence-electron chi connectivity index (χ0n) is 13.8. The molecule has 25 heavy (non-hydrogen) atoms. The van der Waals surface area contributed by atoms with E-state index in [1.807, 2.05) is 18.7 Å². The fourth-order valence-electron chi connectivity index (χ4n) is 2.50. The van der Waals surface area contributed by atoms with Gasteiger partial charge in [-0.05, 0) is 18.2 Å². The normalized spacial score (nSPS) is 16.6. The van der Waals surface area contributed by atoms with Gasteiger partial charge in [0.25, 0.3) is 0 Å². The standard InChI is InChI=1S/C15H18F2N4O2S2/c1-10(2)14-18-15(24-19-14)20-5-7-21(8-6-20)25(22,23)11-3-4-12(16)13(17)9-11/h3-4,9-10H,5-8H2,1-2H3. The molecular formula is C15H18F2N4O2S2. The SMILES string of the molecule is CC(C)c1nsc(N2CCN(S(=O)(=O)c3ccc(F)c(F)c3)CC2)n1. The van der Waals surface area contributed by atoms with Crippen molar-refractivity contribution in [2.75, 3.05) is 31.1 Å². The van der Waals surface area contributed by atoms with Crippen molar-refractivity contribution in [1.29, 1.82) is 0 Å².